The highest BCUT2D eigenvalue weighted by Crippen LogP contribution is 2.07. The van der Waals surface area contributed by atoms with Crippen molar-refractivity contribution in [3.8, 4) is 0 Å². The summed E-state index contributed by atoms with van der Waals surface area (Å²) in [5.41, 5.74) is 0. The Morgan fingerprint density at radius 3 is 2.74 bits per heavy atom. The number of hydrogen-bond acceptors (Lipinski definition) is 4. The van der Waals surface area contributed by atoms with Gasteiger partial charge in [0.15, 0.2) is 0 Å². The fourth-order valence-corrected chi connectivity index (χ4v) is 2.05. The van der Waals surface area contributed by atoms with Crippen LogP contribution in [-0.4, -0.2) is 36.1 Å². The van der Waals surface area contributed by atoms with Gasteiger partial charge in [0.2, 0.25) is 5.91 Å². The topological polar surface area (TPSA) is 78.4 Å². The van der Waals surface area contributed by atoms with Crippen LogP contribution < -0.4 is 10.6 Å². The third-order valence-corrected chi connectivity index (χ3v) is 3.83. The van der Waals surface area contributed by atoms with Crippen molar-refractivity contribution in [2.75, 3.05) is 13.1 Å². The molecule has 1 heterocycles. The predicted octanol–water partition coefficient (Wildman–Crippen LogP) is 1.00. The summed E-state index contributed by atoms with van der Waals surface area (Å²) in [6.45, 7) is 4.04. The molecule has 0 spiro atoms. The molecule has 2 atom stereocenters. The van der Waals surface area contributed by atoms with Crippen molar-refractivity contribution in [3.05, 3.63) is 22.4 Å². The number of aliphatic hydroxyl groups is 1. The van der Waals surface area contributed by atoms with Gasteiger partial charge in [-0.15, -0.1) is 11.3 Å². The molecular formula is C13H20N2O3S. The van der Waals surface area contributed by atoms with Crippen LogP contribution in [0.4, 0.5) is 0 Å². The van der Waals surface area contributed by atoms with Gasteiger partial charge >= 0.3 is 0 Å². The summed E-state index contributed by atoms with van der Waals surface area (Å²) in [7, 11) is 0. The highest BCUT2D eigenvalue weighted by atomic mass is 32.1. The van der Waals surface area contributed by atoms with Gasteiger partial charge in [-0.3, -0.25) is 9.59 Å². The third-order valence-electron chi connectivity index (χ3n) is 2.96. The van der Waals surface area contributed by atoms with Gasteiger partial charge < -0.3 is 15.7 Å². The highest BCUT2D eigenvalue weighted by molar-refractivity contribution is 7.12. The molecule has 0 aliphatic rings. The Balaban J connectivity index is 2.23. The van der Waals surface area contributed by atoms with E-state index in [0.717, 1.165) is 6.42 Å². The molecule has 0 saturated carbocycles. The van der Waals surface area contributed by atoms with E-state index in [9.17, 15) is 14.7 Å². The summed E-state index contributed by atoms with van der Waals surface area (Å²) in [6.07, 6.45) is 0.300. The van der Waals surface area contributed by atoms with Crippen LogP contribution in [0.3, 0.4) is 0 Å². The summed E-state index contributed by atoms with van der Waals surface area (Å²) in [5, 5.41) is 16.6. The average Bonchev–Trinajstić information content (AvgIpc) is 2.95. The number of carbonyl (C=O) groups excluding carboxylic acids is 2. The molecule has 1 aromatic rings. The van der Waals surface area contributed by atoms with Crippen molar-refractivity contribution in [3.63, 3.8) is 0 Å². The Morgan fingerprint density at radius 1 is 1.42 bits per heavy atom. The molecule has 2 amide bonds. The summed E-state index contributed by atoms with van der Waals surface area (Å²) in [4.78, 5) is 23.6. The number of amides is 2. The van der Waals surface area contributed by atoms with Crippen molar-refractivity contribution < 1.29 is 14.7 Å². The molecule has 19 heavy (non-hydrogen) atoms. The summed E-state index contributed by atoms with van der Waals surface area (Å²) in [6, 6.07) is 3.48. The Morgan fingerprint density at radius 2 is 2.16 bits per heavy atom. The predicted molar refractivity (Wildman–Crippen MR) is 75.1 cm³/mol. The molecule has 0 saturated heterocycles. The minimum atomic E-state index is -0.554. The van der Waals surface area contributed by atoms with Gasteiger partial charge in [0.1, 0.15) is 0 Å². The van der Waals surface area contributed by atoms with Gasteiger partial charge in [-0.2, -0.15) is 0 Å². The number of hydrogen-bond donors (Lipinski definition) is 3. The molecule has 0 bridgehead atoms. The number of aliphatic hydroxyl groups excluding tert-OH is 1. The van der Waals surface area contributed by atoms with Crippen LogP contribution in [0.5, 0.6) is 0 Å². The van der Waals surface area contributed by atoms with Crippen LogP contribution in [0.1, 0.15) is 29.9 Å². The van der Waals surface area contributed by atoms with E-state index in [2.05, 4.69) is 10.6 Å². The maximum absolute atomic E-state index is 11.6. The molecule has 1 aromatic heterocycles. The molecule has 106 valence electrons. The fraction of sp³-hybridized carbons (Fsp3) is 0.538. The zero-order valence-electron chi connectivity index (χ0n) is 11.2. The van der Waals surface area contributed by atoms with Crippen LogP contribution in [-0.2, 0) is 4.79 Å². The standard InChI is InChI=1S/C13H20N2O3S/c1-3-9(2)10(16)7-14-12(17)8-15-13(18)11-5-4-6-19-11/h4-6,9-10,16H,3,7-8H2,1-2H3,(H,14,17)(H,15,18). The lowest BCUT2D eigenvalue weighted by Gasteiger charge is -2.17. The van der Waals surface area contributed by atoms with E-state index in [1.54, 1.807) is 17.5 Å². The van der Waals surface area contributed by atoms with E-state index in [1.807, 2.05) is 13.8 Å². The quantitative estimate of drug-likeness (QED) is 0.699. The van der Waals surface area contributed by atoms with Crippen molar-refractivity contribution in [2.45, 2.75) is 26.4 Å². The van der Waals surface area contributed by atoms with Gasteiger partial charge in [0.25, 0.3) is 5.91 Å². The van der Waals surface area contributed by atoms with Crippen molar-refractivity contribution in [1.29, 1.82) is 0 Å². The fourth-order valence-electron chi connectivity index (χ4n) is 1.41. The first-order valence-electron chi connectivity index (χ1n) is 6.31. The zero-order valence-corrected chi connectivity index (χ0v) is 12.0. The van der Waals surface area contributed by atoms with E-state index in [4.69, 9.17) is 0 Å². The Labute approximate surface area is 117 Å². The molecule has 2 unspecified atom stereocenters. The van der Waals surface area contributed by atoms with Gasteiger partial charge in [0.05, 0.1) is 17.5 Å². The average molecular weight is 284 g/mol. The minimum absolute atomic E-state index is 0.0794. The molecule has 6 heteroatoms. The molecular weight excluding hydrogens is 264 g/mol. The molecule has 0 aliphatic heterocycles. The molecule has 0 fully saturated rings. The molecule has 0 radical (unpaired) electrons. The van der Waals surface area contributed by atoms with Gasteiger partial charge in [-0.25, -0.2) is 0 Å². The van der Waals surface area contributed by atoms with Crippen LogP contribution >= 0.6 is 11.3 Å². The van der Waals surface area contributed by atoms with E-state index in [1.165, 1.54) is 11.3 Å². The maximum Gasteiger partial charge on any atom is 0.261 e. The Hall–Kier alpha value is -1.40. The normalized spacial score (nSPS) is 13.6. The lowest BCUT2D eigenvalue weighted by atomic mass is 10.0. The first kappa shape index (κ1) is 15.7. The summed E-state index contributed by atoms with van der Waals surface area (Å²) in [5.74, 6) is -0.416. The monoisotopic (exact) mass is 284 g/mol. The summed E-state index contributed by atoms with van der Waals surface area (Å²) < 4.78 is 0. The van der Waals surface area contributed by atoms with E-state index in [0.29, 0.717) is 4.88 Å². The zero-order chi connectivity index (χ0) is 14.3. The van der Waals surface area contributed by atoms with Crippen LogP contribution in [0, 0.1) is 5.92 Å². The van der Waals surface area contributed by atoms with Gasteiger partial charge in [-0.05, 0) is 17.4 Å². The van der Waals surface area contributed by atoms with Crippen molar-refractivity contribution >= 4 is 23.2 Å². The van der Waals surface area contributed by atoms with Crippen molar-refractivity contribution in [1.82, 2.24) is 10.6 Å². The molecule has 0 aromatic carbocycles. The third kappa shape index (κ3) is 5.40. The first-order chi connectivity index (χ1) is 9.04. The number of rotatable bonds is 7. The number of carbonyl (C=O) groups is 2. The van der Waals surface area contributed by atoms with Crippen LogP contribution in [0.25, 0.3) is 0 Å². The number of thiophene rings is 1. The smallest absolute Gasteiger partial charge is 0.261 e. The second-order valence-electron chi connectivity index (χ2n) is 4.42. The van der Waals surface area contributed by atoms with E-state index < -0.39 is 6.10 Å². The lowest BCUT2D eigenvalue weighted by Crippen LogP contribution is -2.41. The Bertz CT molecular complexity index is 406. The molecule has 5 nitrogen and oxygen atoms in total. The van der Waals surface area contributed by atoms with Crippen LogP contribution in [0.15, 0.2) is 17.5 Å². The first-order valence-corrected chi connectivity index (χ1v) is 7.19. The Kier molecular flexibility index (Phi) is 6.52. The SMILES string of the molecule is CCC(C)C(O)CNC(=O)CNC(=O)c1cccs1. The van der Waals surface area contributed by atoms with Crippen molar-refractivity contribution in [2.24, 2.45) is 5.92 Å². The lowest BCUT2D eigenvalue weighted by molar-refractivity contribution is -0.120. The van der Waals surface area contributed by atoms with Gasteiger partial charge in [0, 0.05) is 6.54 Å². The van der Waals surface area contributed by atoms with Crippen LogP contribution in [0.2, 0.25) is 0 Å². The largest absolute Gasteiger partial charge is 0.391 e. The molecule has 3 N–H and O–H groups in total. The van der Waals surface area contributed by atoms with E-state index in [-0.39, 0.29) is 30.8 Å². The highest BCUT2D eigenvalue weighted by Gasteiger charge is 2.14. The summed E-state index contributed by atoms with van der Waals surface area (Å²) >= 11 is 1.32. The molecule has 1 rings (SSSR count). The van der Waals surface area contributed by atoms with Gasteiger partial charge in [-0.1, -0.05) is 26.3 Å². The molecule has 0 aliphatic carbocycles. The maximum atomic E-state index is 11.6. The minimum Gasteiger partial charge on any atom is -0.391 e. The number of nitrogens with one attached hydrogen (secondary N) is 2. The second kappa shape index (κ2) is 7.91. The van der Waals surface area contributed by atoms with E-state index >= 15 is 0 Å². The second-order valence-corrected chi connectivity index (χ2v) is 5.36.